The molecule has 0 radical (unpaired) electrons. The average Bonchev–Trinajstić information content (AvgIpc) is 3.42. The first-order chi connectivity index (χ1) is 34.4. The molecule has 396 valence electrons. The maximum absolute atomic E-state index is 10.8. The fraction of sp³-hybridized carbons (Fsp3) is 0.439. The third-order valence-electron chi connectivity index (χ3n) is 8.89. The molecule has 0 spiro atoms. The molecule has 0 saturated carbocycles. The average molecular weight is 993 g/mol. The minimum atomic E-state index is -0.305. The number of aliphatic hydroxyl groups is 1. The molecule has 14 nitrogen and oxygen atoms in total. The Labute approximate surface area is 424 Å². The molecule has 0 aromatic heterocycles. The van der Waals surface area contributed by atoms with Crippen LogP contribution in [0.4, 0.5) is 0 Å². The second kappa shape index (κ2) is 51.4. The van der Waals surface area contributed by atoms with E-state index in [1.54, 1.807) is 36.6 Å². The summed E-state index contributed by atoms with van der Waals surface area (Å²) in [4.78, 5) is 43.1. The minimum Gasteiger partial charge on any atom is -0.508 e. The molecule has 3 N–H and O–H groups in total. The van der Waals surface area contributed by atoms with Crippen molar-refractivity contribution in [3.8, 4) is 11.5 Å². The van der Waals surface area contributed by atoms with Crippen LogP contribution in [0.3, 0.4) is 0 Å². The number of ether oxygens (including phenoxy) is 7. The molecular weight excluding hydrogens is 909 g/mol. The van der Waals surface area contributed by atoms with E-state index < -0.39 is 0 Å². The first-order valence-corrected chi connectivity index (χ1v) is 23.9. The van der Waals surface area contributed by atoms with E-state index in [0.29, 0.717) is 12.8 Å². The van der Waals surface area contributed by atoms with E-state index >= 15 is 0 Å². The lowest BCUT2D eigenvalue weighted by Crippen LogP contribution is -2.22. The SMILES string of the molecule is C1=COCCC1.C=CCC.CC.CCCCOC1CCCCO1.CO.COC(=O)Cc1ccc(O)cc1.COC(=O)Cc1cccc(O)c1.COC(=O)Cc1ccccc1.COC(=O)Cc1ccccc1. The quantitative estimate of drug-likeness (QED) is 0.0496. The highest BCUT2D eigenvalue weighted by Gasteiger charge is 2.13. The molecule has 0 amide bonds. The summed E-state index contributed by atoms with van der Waals surface area (Å²) < 4.78 is 33.8. The van der Waals surface area contributed by atoms with Crippen LogP contribution in [-0.4, -0.2) is 101 Å². The van der Waals surface area contributed by atoms with Gasteiger partial charge in [0, 0.05) is 20.3 Å². The van der Waals surface area contributed by atoms with Crippen molar-refractivity contribution in [2.45, 2.75) is 111 Å². The van der Waals surface area contributed by atoms with Crippen LogP contribution in [-0.2, 0) is 78.0 Å². The molecular formula is C57H84O14. The molecule has 14 heteroatoms. The number of hydrogen-bond acceptors (Lipinski definition) is 14. The van der Waals surface area contributed by atoms with Gasteiger partial charge in [-0.25, -0.2) is 0 Å². The highest BCUT2D eigenvalue weighted by molar-refractivity contribution is 5.73. The molecule has 6 rings (SSSR count). The number of carbonyl (C=O) groups excluding carboxylic acids is 4. The van der Waals surface area contributed by atoms with Gasteiger partial charge in [-0.15, -0.1) is 6.58 Å². The second-order valence-corrected chi connectivity index (χ2v) is 14.4. The minimum absolute atomic E-state index is 0.107. The van der Waals surface area contributed by atoms with E-state index in [0.717, 1.165) is 68.4 Å². The van der Waals surface area contributed by atoms with E-state index in [1.807, 2.05) is 86.7 Å². The molecule has 4 aromatic carbocycles. The van der Waals surface area contributed by atoms with Gasteiger partial charge in [0.05, 0.1) is 67.0 Å². The van der Waals surface area contributed by atoms with Gasteiger partial charge in [0.15, 0.2) is 6.29 Å². The highest BCUT2D eigenvalue weighted by atomic mass is 16.7. The second-order valence-electron chi connectivity index (χ2n) is 14.4. The van der Waals surface area contributed by atoms with Crippen LogP contribution in [0.25, 0.3) is 0 Å². The summed E-state index contributed by atoms with van der Waals surface area (Å²) in [6.07, 6.45) is 16.3. The smallest absolute Gasteiger partial charge is 0.309 e. The molecule has 4 aromatic rings. The lowest BCUT2D eigenvalue weighted by Gasteiger charge is -2.22. The van der Waals surface area contributed by atoms with E-state index in [-0.39, 0.29) is 54.5 Å². The summed E-state index contributed by atoms with van der Waals surface area (Å²) in [5, 5.41) is 25.0. The summed E-state index contributed by atoms with van der Waals surface area (Å²) in [6.45, 7) is 14.4. The number of aromatic hydroxyl groups is 2. The molecule has 2 heterocycles. The van der Waals surface area contributed by atoms with Crippen LogP contribution in [0.5, 0.6) is 11.5 Å². The Hall–Kier alpha value is -6.48. The van der Waals surface area contributed by atoms with Gasteiger partial charge in [0.1, 0.15) is 11.5 Å². The van der Waals surface area contributed by atoms with Crippen LogP contribution < -0.4 is 0 Å². The summed E-state index contributed by atoms with van der Waals surface area (Å²) in [7, 11) is 6.48. The predicted molar refractivity (Wildman–Crippen MR) is 281 cm³/mol. The molecule has 0 bridgehead atoms. The molecule has 1 unspecified atom stereocenters. The first kappa shape index (κ1) is 68.8. The Morgan fingerprint density at radius 1 is 0.606 bits per heavy atom. The summed E-state index contributed by atoms with van der Waals surface area (Å²) in [5.74, 6) is -0.617. The Kier molecular flexibility index (Phi) is 49.8. The van der Waals surface area contributed by atoms with E-state index in [4.69, 9.17) is 29.5 Å². The Morgan fingerprint density at radius 3 is 1.39 bits per heavy atom. The van der Waals surface area contributed by atoms with Crippen LogP contribution in [0.1, 0.15) is 101 Å². The third-order valence-corrected chi connectivity index (χ3v) is 8.89. The van der Waals surface area contributed by atoms with Crippen molar-refractivity contribution in [2.24, 2.45) is 0 Å². The van der Waals surface area contributed by atoms with Gasteiger partial charge in [-0.2, -0.15) is 0 Å². The summed E-state index contributed by atoms with van der Waals surface area (Å²) >= 11 is 0. The monoisotopic (exact) mass is 993 g/mol. The number of benzene rings is 4. The molecule has 1 saturated heterocycles. The fourth-order valence-corrected chi connectivity index (χ4v) is 5.12. The number of phenolic OH excluding ortho intramolecular Hbond substituents is 2. The highest BCUT2D eigenvalue weighted by Crippen LogP contribution is 2.14. The standard InChI is InChI=1S/2C9H10O3.2C9H10O2.C9H18O2.C5H8O.C4H8.C2H6.CH4O/c1-12-9(11)6-7-2-4-8(10)5-3-7;1-12-9(11)6-7-3-2-4-8(10)5-7;2*1-11-9(10)7-8-5-3-2-4-6-8;1-2-3-7-10-9-6-4-5-8-11-9;1-2-4-6-5-3-1;1-3-4-2;2*1-2/h2*2-5,10H,6H2,1H3;2*2-6H,7H2,1H3;9H,2-8H2,1H3;2,4H,1,3,5H2;3H,1,4H2,2H3;1-2H3;2H,1H3. The van der Waals surface area contributed by atoms with Crippen LogP contribution in [0.15, 0.2) is 134 Å². The normalized spacial score (nSPS) is 12.2. The maximum atomic E-state index is 10.8. The first-order valence-electron chi connectivity index (χ1n) is 23.9. The largest absolute Gasteiger partial charge is 0.508 e. The molecule has 0 aliphatic carbocycles. The van der Waals surface area contributed by atoms with Crippen molar-refractivity contribution in [2.75, 3.05) is 55.4 Å². The number of unbranched alkanes of at least 4 members (excludes halogenated alkanes) is 1. The summed E-state index contributed by atoms with van der Waals surface area (Å²) in [6, 6.07) is 32.0. The van der Waals surface area contributed by atoms with E-state index in [2.05, 4.69) is 39.4 Å². The van der Waals surface area contributed by atoms with Gasteiger partial charge in [0.2, 0.25) is 0 Å². The van der Waals surface area contributed by atoms with Crippen molar-refractivity contribution in [3.63, 3.8) is 0 Å². The number of methoxy groups -OCH3 is 4. The van der Waals surface area contributed by atoms with Gasteiger partial charge in [-0.1, -0.05) is 125 Å². The van der Waals surface area contributed by atoms with Crippen molar-refractivity contribution in [3.05, 3.63) is 156 Å². The van der Waals surface area contributed by atoms with Crippen molar-refractivity contribution < 1.29 is 67.7 Å². The van der Waals surface area contributed by atoms with E-state index in [9.17, 15) is 19.2 Å². The van der Waals surface area contributed by atoms with Gasteiger partial charge in [-0.3, -0.25) is 19.2 Å². The maximum Gasteiger partial charge on any atom is 0.309 e. The van der Waals surface area contributed by atoms with Crippen LogP contribution >= 0.6 is 0 Å². The topological polar surface area (TPSA) is 194 Å². The number of rotatable bonds is 13. The number of allylic oxidation sites excluding steroid dienone is 2. The molecule has 2 aliphatic rings. The number of aliphatic hydroxyl groups excluding tert-OH is 1. The van der Waals surface area contributed by atoms with Gasteiger partial charge in [0.25, 0.3) is 0 Å². The van der Waals surface area contributed by atoms with Crippen LogP contribution in [0.2, 0.25) is 0 Å². The zero-order chi connectivity index (χ0) is 53.8. The van der Waals surface area contributed by atoms with Gasteiger partial charge in [-0.05, 0) is 97.5 Å². The van der Waals surface area contributed by atoms with Crippen molar-refractivity contribution >= 4 is 23.9 Å². The number of carbonyl (C=O) groups is 4. The fourth-order valence-electron chi connectivity index (χ4n) is 5.12. The van der Waals surface area contributed by atoms with Gasteiger partial charge >= 0.3 is 23.9 Å². The lowest BCUT2D eigenvalue weighted by molar-refractivity contribution is -0.162. The zero-order valence-electron chi connectivity index (χ0n) is 43.8. The van der Waals surface area contributed by atoms with Crippen molar-refractivity contribution in [1.82, 2.24) is 0 Å². The Morgan fingerprint density at radius 2 is 1.06 bits per heavy atom. The molecule has 1 fully saturated rings. The predicted octanol–water partition coefficient (Wildman–Crippen LogP) is 10.9. The molecule has 2 aliphatic heterocycles. The summed E-state index contributed by atoms with van der Waals surface area (Å²) in [5.41, 5.74) is 3.56. The zero-order valence-corrected chi connectivity index (χ0v) is 43.8. The Balaban J connectivity index is -0.000000764. The Bertz CT molecular complexity index is 1820. The van der Waals surface area contributed by atoms with E-state index in [1.165, 1.54) is 78.7 Å². The van der Waals surface area contributed by atoms with Gasteiger partial charge < -0.3 is 48.5 Å². The number of esters is 4. The van der Waals surface area contributed by atoms with Crippen LogP contribution in [0, 0.1) is 0 Å². The van der Waals surface area contributed by atoms with Crippen molar-refractivity contribution in [1.29, 1.82) is 0 Å². The lowest BCUT2D eigenvalue weighted by atomic mass is 10.1. The molecule has 1 atom stereocenters. The number of hydrogen-bond donors (Lipinski definition) is 3. The number of phenols is 2. The molecule has 71 heavy (non-hydrogen) atoms. The third kappa shape index (κ3) is 44.5.